The van der Waals surface area contributed by atoms with Crippen LogP contribution in [0.3, 0.4) is 0 Å². The van der Waals surface area contributed by atoms with Gasteiger partial charge in [-0.2, -0.15) is 0 Å². The molecule has 0 aromatic carbocycles. The predicted molar refractivity (Wildman–Crippen MR) is 68.9 cm³/mol. The highest BCUT2D eigenvalue weighted by molar-refractivity contribution is 5.77. The van der Waals surface area contributed by atoms with Crippen LogP contribution in [0.5, 0.6) is 0 Å². The lowest BCUT2D eigenvalue weighted by Crippen LogP contribution is -2.45. The number of aromatic nitrogens is 1. The van der Waals surface area contributed by atoms with Crippen molar-refractivity contribution in [3.05, 3.63) is 30.1 Å². The van der Waals surface area contributed by atoms with Crippen molar-refractivity contribution in [2.45, 2.75) is 25.3 Å². The van der Waals surface area contributed by atoms with Gasteiger partial charge in [-0.05, 0) is 49.5 Å². The van der Waals surface area contributed by atoms with Crippen molar-refractivity contribution in [1.29, 1.82) is 0 Å². The lowest BCUT2D eigenvalue weighted by Gasteiger charge is -2.31. The summed E-state index contributed by atoms with van der Waals surface area (Å²) in [6.45, 7) is 2.91. The van der Waals surface area contributed by atoms with Gasteiger partial charge in [-0.25, -0.2) is 0 Å². The molecule has 0 spiro atoms. The van der Waals surface area contributed by atoms with Crippen molar-refractivity contribution in [3.63, 3.8) is 0 Å². The van der Waals surface area contributed by atoms with Crippen LogP contribution in [-0.2, 0) is 4.79 Å². The van der Waals surface area contributed by atoms with Crippen LogP contribution in [0, 0.1) is 5.92 Å². The van der Waals surface area contributed by atoms with E-state index < -0.39 is 0 Å². The molecule has 2 fully saturated rings. The SMILES string of the molecule is O=C(CC1CNC1)N1CCCC1c1ccncc1. The summed E-state index contributed by atoms with van der Waals surface area (Å²) in [5.41, 5.74) is 1.22. The van der Waals surface area contributed by atoms with Crippen LogP contribution in [0.4, 0.5) is 0 Å². The van der Waals surface area contributed by atoms with Crippen LogP contribution < -0.4 is 5.32 Å². The highest BCUT2D eigenvalue weighted by Gasteiger charge is 2.31. The molecule has 0 aliphatic carbocycles. The maximum Gasteiger partial charge on any atom is 0.223 e. The Bertz CT molecular complexity index is 416. The summed E-state index contributed by atoms with van der Waals surface area (Å²) in [7, 11) is 0. The number of hydrogen-bond donors (Lipinski definition) is 1. The van der Waals surface area contributed by atoms with Gasteiger partial charge in [-0.3, -0.25) is 9.78 Å². The molecule has 4 nitrogen and oxygen atoms in total. The van der Waals surface area contributed by atoms with Gasteiger partial charge in [-0.1, -0.05) is 0 Å². The Morgan fingerprint density at radius 1 is 1.39 bits per heavy atom. The van der Waals surface area contributed by atoms with E-state index in [9.17, 15) is 4.79 Å². The van der Waals surface area contributed by atoms with E-state index in [1.807, 2.05) is 24.5 Å². The second-order valence-electron chi connectivity index (χ2n) is 5.25. The first-order valence-electron chi connectivity index (χ1n) is 6.74. The van der Waals surface area contributed by atoms with Crippen LogP contribution in [0.15, 0.2) is 24.5 Å². The smallest absolute Gasteiger partial charge is 0.223 e. The molecule has 1 aromatic rings. The Morgan fingerprint density at radius 2 is 2.17 bits per heavy atom. The average Bonchev–Trinajstić information content (AvgIpc) is 2.84. The Hall–Kier alpha value is -1.42. The molecule has 0 bridgehead atoms. The van der Waals surface area contributed by atoms with Crippen molar-refractivity contribution in [1.82, 2.24) is 15.2 Å². The molecule has 18 heavy (non-hydrogen) atoms. The normalized spacial score (nSPS) is 24.0. The summed E-state index contributed by atoms with van der Waals surface area (Å²) >= 11 is 0. The van der Waals surface area contributed by atoms with Gasteiger partial charge in [0.05, 0.1) is 6.04 Å². The molecular formula is C14H19N3O. The molecule has 1 unspecified atom stereocenters. The lowest BCUT2D eigenvalue weighted by molar-refractivity contribution is -0.133. The van der Waals surface area contributed by atoms with Crippen molar-refractivity contribution in [2.75, 3.05) is 19.6 Å². The molecule has 3 rings (SSSR count). The Balaban J connectivity index is 1.68. The minimum atomic E-state index is 0.272. The van der Waals surface area contributed by atoms with E-state index in [-0.39, 0.29) is 6.04 Å². The fourth-order valence-electron chi connectivity index (χ4n) is 2.85. The standard InChI is InChI=1S/C14H19N3O/c18-14(8-11-9-16-10-11)17-7-1-2-13(17)12-3-5-15-6-4-12/h3-6,11,13,16H,1-2,7-10H2. The number of rotatable bonds is 3. The average molecular weight is 245 g/mol. The number of pyridine rings is 1. The third-order valence-corrected chi connectivity index (χ3v) is 3.99. The van der Waals surface area contributed by atoms with E-state index in [2.05, 4.69) is 15.2 Å². The molecule has 1 N–H and O–H groups in total. The highest BCUT2D eigenvalue weighted by atomic mass is 16.2. The minimum Gasteiger partial charge on any atom is -0.336 e. The molecule has 1 atom stereocenters. The van der Waals surface area contributed by atoms with Gasteiger partial charge in [-0.15, -0.1) is 0 Å². The number of likely N-dealkylation sites (tertiary alicyclic amines) is 1. The molecule has 2 aliphatic heterocycles. The van der Waals surface area contributed by atoms with Crippen molar-refractivity contribution in [2.24, 2.45) is 5.92 Å². The molecule has 2 saturated heterocycles. The zero-order valence-corrected chi connectivity index (χ0v) is 10.5. The van der Waals surface area contributed by atoms with Crippen molar-refractivity contribution in [3.8, 4) is 0 Å². The van der Waals surface area contributed by atoms with Gasteiger partial charge in [0.25, 0.3) is 0 Å². The van der Waals surface area contributed by atoms with Crippen LogP contribution >= 0.6 is 0 Å². The van der Waals surface area contributed by atoms with Gasteiger partial charge < -0.3 is 10.2 Å². The summed E-state index contributed by atoms with van der Waals surface area (Å²) in [6.07, 6.45) is 6.52. The number of carbonyl (C=O) groups excluding carboxylic acids is 1. The summed E-state index contributed by atoms with van der Waals surface area (Å²) in [4.78, 5) is 18.4. The van der Waals surface area contributed by atoms with Gasteiger partial charge in [0.1, 0.15) is 0 Å². The molecule has 1 amide bonds. The van der Waals surface area contributed by atoms with E-state index in [1.54, 1.807) is 0 Å². The molecule has 3 heterocycles. The van der Waals surface area contributed by atoms with Crippen LogP contribution in [0.2, 0.25) is 0 Å². The summed E-state index contributed by atoms with van der Waals surface area (Å²) in [6, 6.07) is 4.33. The van der Waals surface area contributed by atoms with Crippen molar-refractivity contribution < 1.29 is 4.79 Å². The zero-order chi connectivity index (χ0) is 12.4. The number of nitrogens with zero attached hydrogens (tertiary/aromatic N) is 2. The van der Waals surface area contributed by atoms with Gasteiger partial charge in [0, 0.05) is 25.4 Å². The second-order valence-corrected chi connectivity index (χ2v) is 5.25. The third kappa shape index (κ3) is 2.25. The molecule has 4 heteroatoms. The molecular weight excluding hydrogens is 226 g/mol. The van der Waals surface area contributed by atoms with E-state index in [0.29, 0.717) is 18.2 Å². The first-order valence-corrected chi connectivity index (χ1v) is 6.74. The summed E-state index contributed by atoms with van der Waals surface area (Å²) in [5.74, 6) is 0.872. The number of carbonyl (C=O) groups is 1. The van der Waals surface area contributed by atoms with E-state index in [0.717, 1.165) is 32.5 Å². The molecule has 96 valence electrons. The van der Waals surface area contributed by atoms with E-state index in [1.165, 1.54) is 5.56 Å². The topological polar surface area (TPSA) is 45.2 Å². The predicted octanol–water partition coefficient (Wildman–Crippen LogP) is 1.35. The number of nitrogens with one attached hydrogen (secondary N) is 1. The van der Waals surface area contributed by atoms with Crippen LogP contribution in [-0.4, -0.2) is 35.4 Å². The summed E-state index contributed by atoms with van der Waals surface area (Å²) in [5, 5.41) is 3.22. The zero-order valence-electron chi connectivity index (χ0n) is 10.5. The Labute approximate surface area is 107 Å². The first kappa shape index (κ1) is 11.7. The van der Waals surface area contributed by atoms with E-state index >= 15 is 0 Å². The quantitative estimate of drug-likeness (QED) is 0.874. The highest BCUT2D eigenvalue weighted by Crippen LogP contribution is 2.32. The maximum atomic E-state index is 12.3. The monoisotopic (exact) mass is 245 g/mol. The van der Waals surface area contributed by atoms with Crippen LogP contribution in [0.1, 0.15) is 30.9 Å². The minimum absolute atomic E-state index is 0.272. The molecule has 0 radical (unpaired) electrons. The number of amides is 1. The maximum absolute atomic E-state index is 12.3. The lowest BCUT2D eigenvalue weighted by atomic mass is 9.98. The van der Waals surface area contributed by atoms with E-state index in [4.69, 9.17) is 0 Å². The largest absolute Gasteiger partial charge is 0.336 e. The Kier molecular flexibility index (Phi) is 3.28. The van der Waals surface area contributed by atoms with Gasteiger partial charge in [0.2, 0.25) is 5.91 Å². The van der Waals surface area contributed by atoms with Crippen LogP contribution in [0.25, 0.3) is 0 Å². The van der Waals surface area contributed by atoms with Gasteiger partial charge in [0.15, 0.2) is 0 Å². The van der Waals surface area contributed by atoms with Gasteiger partial charge >= 0.3 is 0 Å². The third-order valence-electron chi connectivity index (χ3n) is 3.99. The fourth-order valence-corrected chi connectivity index (χ4v) is 2.85. The first-order chi connectivity index (χ1) is 8.84. The molecule has 0 saturated carbocycles. The Morgan fingerprint density at radius 3 is 2.83 bits per heavy atom. The molecule has 2 aliphatic rings. The van der Waals surface area contributed by atoms with Crippen molar-refractivity contribution >= 4 is 5.91 Å². The second kappa shape index (κ2) is 5.06. The summed E-state index contributed by atoms with van der Waals surface area (Å²) < 4.78 is 0. The fraction of sp³-hybridized carbons (Fsp3) is 0.571. The number of hydrogen-bond acceptors (Lipinski definition) is 3. The molecule has 1 aromatic heterocycles.